The van der Waals surface area contributed by atoms with Crippen LogP contribution in [0.4, 0.5) is 0 Å². The van der Waals surface area contributed by atoms with E-state index in [9.17, 15) is 9.59 Å². The van der Waals surface area contributed by atoms with E-state index in [1.807, 2.05) is 11.4 Å². The van der Waals surface area contributed by atoms with Crippen LogP contribution in [0.15, 0.2) is 17.5 Å². The topological polar surface area (TPSA) is 66.4 Å². The monoisotopic (exact) mass is 327 g/mol. The van der Waals surface area contributed by atoms with E-state index >= 15 is 0 Å². The predicted octanol–water partition coefficient (Wildman–Crippen LogP) is 3.28. The molecule has 0 aliphatic heterocycles. The van der Waals surface area contributed by atoms with Crippen molar-refractivity contribution in [3.63, 3.8) is 0 Å². The number of carboxylic acids is 1. The summed E-state index contributed by atoms with van der Waals surface area (Å²) in [5.74, 6) is 0.346. The van der Waals surface area contributed by atoms with Crippen LogP contribution in [0, 0.1) is 0 Å². The number of carbonyl (C=O) groups excluding carboxylic acids is 1. The van der Waals surface area contributed by atoms with E-state index in [1.165, 1.54) is 4.88 Å². The molecule has 0 atom stereocenters. The van der Waals surface area contributed by atoms with Gasteiger partial charge >= 0.3 is 5.97 Å². The number of thioether (sulfide) groups is 1. The smallest absolute Gasteiger partial charge is 0.305 e. The SMILES string of the molecule is O=C(O)CC1(NC(=O)CSCc2cccs2)CCCCC1. The van der Waals surface area contributed by atoms with Crippen LogP contribution >= 0.6 is 23.1 Å². The van der Waals surface area contributed by atoms with E-state index in [0.29, 0.717) is 5.75 Å². The summed E-state index contributed by atoms with van der Waals surface area (Å²) < 4.78 is 0. The van der Waals surface area contributed by atoms with Gasteiger partial charge in [-0.2, -0.15) is 0 Å². The van der Waals surface area contributed by atoms with Crippen molar-refractivity contribution in [3.8, 4) is 0 Å². The summed E-state index contributed by atoms with van der Waals surface area (Å²) in [6.45, 7) is 0. The van der Waals surface area contributed by atoms with E-state index in [4.69, 9.17) is 5.11 Å². The van der Waals surface area contributed by atoms with Gasteiger partial charge in [-0.05, 0) is 24.3 Å². The number of thiophene rings is 1. The van der Waals surface area contributed by atoms with Gasteiger partial charge in [0.2, 0.25) is 5.91 Å². The standard InChI is InChI=1S/C15H21NO3S2/c17-13(11-20-10-12-5-4-8-21-12)16-15(9-14(18)19)6-2-1-3-7-15/h4-5,8H,1-3,6-7,9-11H2,(H,16,17)(H,18,19). The summed E-state index contributed by atoms with van der Waals surface area (Å²) in [6.07, 6.45) is 4.71. The molecule has 1 aromatic heterocycles. The molecule has 0 aromatic carbocycles. The zero-order valence-corrected chi connectivity index (χ0v) is 13.6. The van der Waals surface area contributed by atoms with Crippen molar-refractivity contribution >= 4 is 35.0 Å². The molecule has 1 aliphatic rings. The van der Waals surface area contributed by atoms with Crippen LogP contribution < -0.4 is 5.32 Å². The van der Waals surface area contributed by atoms with E-state index in [0.717, 1.165) is 37.9 Å². The third-order valence-electron chi connectivity index (χ3n) is 3.76. The van der Waals surface area contributed by atoms with Gasteiger partial charge in [0.15, 0.2) is 0 Å². The Balaban J connectivity index is 1.81. The van der Waals surface area contributed by atoms with Crippen molar-refractivity contribution < 1.29 is 14.7 Å². The Labute approximate surface area is 133 Å². The van der Waals surface area contributed by atoms with Gasteiger partial charge in [-0.1, -0.05) is 25.3 Å². The summed E-state index contributed by atoms with van der Waals surface area (Å²) in [4.78, 5) is 24.4. The quantitative estimate of drug-likeness (QED) is 0.806. The number of hydrogen-bond acceptors (Lipinski definition) is 4. The number of aliphatic carboxylic acids is 1. The Morgan fingerprint density at radius 3 is 2.71 bits per heavy atom. The fraction of sp³-hybridized carbons (Fsp3) is 0.600. The lowest BCUT2D eigenvalue weighted by atomic mass is 9.79. The molecule has 1 aliphatic carbocycles. The number of rotatable bonds is 7. The third-order valence-corrected chi connectivity index (χ3v) is 5.80. The maximum atomic E-state index is 12.1. The highest BCUT2D eigenvalue weighted by Gasteiger charge is 2.35. The Bertz CT molecular complexity index is 467. The maximum Gasteiger partial charge on any atom is 0.305 e. The Morgan fingerprint density at radius 1 is 1.33 bits per heavy atom. The van der Waals surface area contributed by atoms with Gasteiger partial charge in [-0.3, -0.25) is 9.59 Å². The normalized spacial score (nSPS) is 17.3. The van der Waals surface area contributed by atoms with Gasteiger partial charge in [0.05, 0.1) is 17.7 Å². The van der Waals surface area contributed by atoms with Gasteiger partial charge in [-0.25, -0.2) is 0 Å². The van der Waals surface area contributed by atoms with Crippen molar-refractivity contribution in [3.05, 3.63) is 22.4 Å². The van der Waals surface area contributed by atoms with Crippen molar-refractivity contribution in [1.29, 1.82) is 0 Å². The second-order valence-electron chi connectivity index (χ2n) is 5.53. The fourth-order valence-electron chi connectivity index (χ4n) is 2.83. The van der Waals surface area contributed by atoms with Crippen molar-refractivity contribution in [2.75, 3.05) is 5.75 Å². The van der Waals surface area contributed by atoms with E-state index < -0.39 is 11.5 Å². The molecule has 1 saturated carbocycles. The highest BCUT2D eigenvalue weighted by atomic mass is 32.2. The number of nitrogens with one attached hydrogen (secondary N) is 1. The Hall–Kier alpha value is -1.01. The lowest BCUT2D eigenvalue weighted by Gasteiger charge is -2.37. The molecule has 1 amide bonds. The molecule has 116 valence electrons. The minimum Gasteiger partial charge on any atom is -0.481 e. The first-order valence-electron chi connectivity index (χ1n) is 7.23. The first-order chi connectivity index (χ1) is 10.1. The zero-order chi connectivity index (χ0) is 15.1. The molecule has 21 heavy (non-hydrogen) atoms. The van der Waals surface area contributed by atoms with E-state index in [-0.39, 0.29) is 12.3 Å². The van der Waals surface area contributed by atoms with E-state index in [1.54, 1.807) is 23.1 Å². The molecular weight excluding hydrogens is 306 g/mol. The van der Waals surface area contributed by atoms with Gasteiger partial charge < -0.3 is 10.4 Å². The molecular formula is C15H21NO3S2. The van der Waals surface area contributed by atoms with Crippen LogP contribution in [0.5, 0.6) is 0 Å². The minimum absolute atomic E-state index is 0.0360. The number of carboxylic acid groups (broad SMARTS) is 1. The molecule has 0 radical (unpaired) electrons. The summed E-state index contributed by atoms with van der Waals surface area (Å²) in [7, 11) is 0. The average Bonchev–Trinajstić information content (AvgIpc) is 2.91. The summed E-state index contributed by atoms with van der Waals surface area (Å²) >= 11 is 3.26. The second kappa shape index (κ2) is 7.84. The van der Waals surface area contributed by atoms with Gasteiger partial charge in [0.25, 0.3) is 0 Å². The average molecular weight is 327 g/mol. The second-order valence-corrected chi connectivity index (χ2v) is 7.55. The molecule has 0 spiro atoms. The number of carbonyl (C=O) groups is 2. The predicted molar refractivity (Wildman–Crippen MR) is 86.7 cm³/mol. The summed E-state index contributed by atoms with van der Waals surface area (Å²) in [5.41, 5.74) is -0.523. The maximum absolute atomic E-state index is 12.1. The van der Waals surface area contributed by atoms with Crippen LogP contribution in [-0.2, 0) is 15.3 Å². The number of hydrogen-bond donors (Lipinski definition) is 2. The summed E-state index contributed by atoms with van der Waals surface area (Å²) in [6, 6.07) is 4.06. The number of amides is 1. The highest BCUT2D eigenvalue weighted by molar-refractivity contribution is 7.99. The first-order valence-corrected chi connectivity index (χ1v) is 9.26. The van der Waals surface area contributed by atoms with Crippen LogP contribution in [0.2, 0.25) is 0 Å². The van der Waals surface area contributed by atoms with Gasteiger partial charge in [0, 0.05) is 10.6 Å². The Kier molecular flexibility index (Phi) is 6.11. The van der Waals surface area contributed by atoms with Crippen LogP contribution in [0.3, 0.4) is 0 Å². The summed E-state index contributed by atoms with van der Waals surface area (Å²) in [5, 5.41) is 14.1. The molecule has 0 bridgehead atoms. The molecule has 6 heteroatoms. The lowest BCUT2D eigenvalue weighted by molar-refractivity contribution is -0.139. The van der Waals surface area contributed by atoms with Gasteiger partial charge in [-0.15, -0.1) is 23.1 Å². The fourth-order valence-corrected chi connectivity index (χ4v) is 4.50. The van der Waals surface area contributed by atoms with Crippen molar-refractivity contribution in [1.82, 2.24) is 5.32 Å². The molecule has 2 rings (SSSR count). The van der Waals surface area contributed by atoms with E-state index in [2.05, 4.69) is 11.4 Å². The van der Waals surface area contributed by atoms with Gasteiger partial charge in [0.1, 0.15) is 0 Å². The molecule has 1 aromatic rings. The molecule has 0 saturated heterocycles. The van der Waals surface area contributed by atoms with Crippen molar-refractivity contribution in [2.24, 2.45) is 0 Å². The molecule has 1 heterocycles. The first kappa shape index (κ1) is 16.4. The molecule has 4 nitrogen and oxygen atoms in total. The molecule has 0 unspecified atom stereocenters. The Morgan fingerprint density at radius 2 is 2.10 bits per heavy atom. The minimum atomic E-state index is -0.830. The molecule has 1 fully saturated rings. The van der Waals surface area contributed by atoms with Crippen LogP contribution in [0.1, 0.15) is 43.4 Å². The van der Waals surface area contributed by atoms with Crippen LogP contribution in [0.25, 0.3) is 0 Å². The van der Waals surface area contributed by atoms with Crippen LogP contribution in [-0.4, -0.2) is 28.3 Å². The van der Waals surface area contributed by atoms with Crippen molar-refractivity contribution in [2.45, 2.75) is 49.8 Å². The lowest BCUT2D eigenvalue weighted by Crippen LogP contribution is -2.51. The highest BCUT2D eigenvalue weighted by Crippen LogP contribution is 2.31. The zero-order valence-electron chi connectivity index (χ0n) is 12.0. The molecule has 2 N–H and O–H groups in total. The third kappa shape index (κ3) is 5.36. The largest absolute Gasteiger partial charge is 0.481 e.